The standard InChI is InChI=1S/C9H18O4.C5H12O2/c1-5-8(11-3)9(12-4)6-13-7(2)10;1-4-5(6-2)7-3/h8-9H,5-6H2,1-4H3;5H,4H2,1-3H3. The molecule has 0 aliphatic carbocycles. The van der Waals surface area contributed by atoms with Gasteiger partial charge in [0, 0.05) is 35.4 Å². The van der Waals surface area contributed by atoms with Gasteiger partial charge >= 0.3 is 5.97 Å². The lowest BCUT2D eigenvalue weighted by Crippen LogP contribution is -2.34. The molecule has 0 heterocycles. The van der Waals surface area contributed by atoms with Gasteiger partial charge in [-0.05, 0) is 12.8 Å². The van der Waals surface area contributed by atoms with Crippen molar-refractivity contribution in [1.82, 2.24) is 0 Å². The van der Waals surface area contributed by atoms with Crippen LogP contribution in [-0.2, 0) is 28.5 Å². The fraction of sp³-hybridized carbons (Fsp3) is 0.929. The van der Waals surface area contributed by atoms with E-state index in [1.54, 1.807) is 28.4 Å². The molecule has 20 heavy (non-hydrogen) atoms. The highest BCUT2D eigenvalue weighted by molar-refractivity contribution is 5.65. The number of methoxy groups -OCH3 is 4. The summed E-state index contributed by atoms with van der Waals surface area (Å²) in [7, 11) is 6.47. The smallest absolute Gasteiger partial charge is 0.302 e. The van der Waals surface area contributed by atoms with Crippen LogP contribution in [0.25, 0.3) is 0 Å². The van der Waals surface area contributed by atoms with Crippen LogP contribution in [0.5, 0.6) is 0 Å². The first kappa shape index (κ1) is 21.6. The number of rotatable bonds is 9. The van der Waals surface area contributed by atoms with Crippen molar-refractivity contribution in [3.05, 3.63) is 0 Å². The Morgan fingerprint density at radius 2 is 1.35 bits per heavy atom. The Kier molecular flexibility index (Phi) is 15.9. The van der Waals surface area contributed by atoms with Crippen LogP contribution in [0.15, 0.2) is 0 Å². The molecule has 2 unspecified atom stereocenters. The van der Waals surface area contributed by atoms with Gasteiger partial charge in [0.2, 0.25) is 0 Å². The summed E-state index contributed by atoms with van der Waals surface area (Å²) >= 11 is 0. The molecule has 0 amide bonds. The first-order valence-corrected chi connectivity index (χ1v) is 6.75. The lowest BCUT2D eigenvalue weighted by atomic mass is 10.1. The second kappa shape index (κ2) is 14.7. The van der Waals surface area contributed by atoms with Crippen LogP contribution >= 0.6 is 0 Å². The Labute approximate surface area is 122 Å². The maximum Gasteiger partial charge on any atom is 0.302 e. The molecule has 2 atom stereocenters. The van der Waals surface area contributed by atoms with E-state index in [2.05, 4.69) is 0 Å². The van der Waals surface area contributed by atoms with Crippen molar-refractivity contribution in [2.24, 2.45) is 0 Å². The quantitative estimate of drug-likeness (QED) is 0.479. The van der Waals surface area contributed by atoms with E-state index in [1.165, 1.54) is 6.92 Å². The van der Waals surface area contributed by atoms with Crippen LogP contribution in [0.4, 0.5) is 0 Å². The van der Waals surface area contributed by atoms with Gasteiger partial charge in [-0.2, -0.15) is 0 Å². The number of esters is 1. The molecule has 0 rings (SSSR count). The molecule has 0 spiro atoms. The molecule has 0 aliphatic rings. The molecular weight excluding hydrogens is 264 g/mol. The van der Waals surface area contributed by atoms with Gasteiger partial charge in [0.1, 0.15) is 12.7 Å². The molecular formula is C14H30O6. The van der Waals surface area contributed by atoms with E-state index in [4.69, 9.17) is 23.7 Å². The van der Waals surface area contributed by atoms with Crippen molar-refractivity contribution in [3.8, 4) is 0 Å². The second-order valence-electron chi connectivity index (χ2n) is 4.07. The first-order chi connectivity index (χ1) is 9.50. The predicted octanol–water partition coefficient (Wildman–Crippen LogP) is 2.00. The molecule has 0 bridgehead atoms. The molecule has 0 saturated heterocycles. The van der Waals surface area contributed by atoms with Crippen molar-refractivity contribution in [2.75, 3.05) is 35.0 Å². The lowest BCUT2D eigenvalue weighted by Gasteiger charge is -2.22. The molecule has 0 N–H and O–H groups in total. The number of carbonyl (C=O) groups excluding carboxylic acids is 1. The molecule has 122 valence electrons. The Hall–Kier alpha value is -0.690. The van der Waals surface area contributed by atoms with Crippen molar-refractivity contribution >= 4 is 5.97 Å². The third-order valence-corrected chi connectivity index (χ3v) is 2.73. The molecule has 0 aliphatic heterocycles. The van der Waals surface area contributed by atoms with Crippen LogP contribution < -0.4 is 0 Å². The van der Waals surface area contributed by atoms with Crippen LogP contribution in [0.1, 0.15) is 33.6 Å². The Morgan fingerprint density at radius 3 is 1.55 bits per heavy atom. The minimum absolute atomic E-state index is 0.0139. The number of ether oxygens (including phenoxy) is 5. The summed E-state index contributed by atoms with van der Waals surface area (Å²) in [6, 6.07) is 0. The summed E-state index contributed by atoms with van der Waals surface area (Å²) < 4.78 is 24.8. The minimum atomic E-state index is -0.298. The van der Waals surface area contributed by atoms with Gasteiger partial charge in [-0.1, -0.05) is 13.8 Å². The van der Waals surface area contributed by atoms with Gasteiger partial charge < -0.3 is 23.7 Å². The molecule has 0 aromatic rings. The van der Waals surface area contributed by atoms with Crippen LogP contribution in [0.3, 0.4) is 0 Å². The van der Waals surface area contributed by atoms with Crippen molar-refractivity contribution < 1.29 is 28.5 Å². The van der Waals surface area contributed by atoms with E-state index >= 15 is 0 Å². The van der Waals surface area contributed by atoms with E-state index in [0.717, 1.165) is 12.8 Å². The number of hydrogen-bond donors (Lipinski definition) is 0. The normalized spacial score (nSPS) is 13.4. The zero-order valence-electron chi connectivity index (χ0n) is 13.8. The number of hydrogen-bond acceptors (Lipinski definition) is 6. The Bertz CT molecular complexity index is 208. The largest absolute Gasteiger partial charge is 0.463 e. The maximum atomic E-state index is 10.5. The summed E-state index contributed by atoms with van der Waals surface area (Å²) in [6.07, 6.45) is 1.52. The summed E-state index contributed by atoms with van der Waals surface area (Å²) in [5.41, 5.74) is 0. The second-order valence-corrected chi connectivity index (χ2v) is 4.07. The molecule has 6 nitrogen and oxygen atoms in total. The van der Waals surface area contributed by atoms with Crippen molar-refractivity contribution in [1.29, 1.82) is 0 Å². The van der Waals surface area contributed by atoms with Gasteiger partial charge in [-0.3, -0.25) is 4.79 Å². The molecule has 0 aromatic carbocycles. The predicted molar refractivity (Wildman–Crippen MR) is 76.6 cm³/mol. The highest BCUT2D eigenvalue weighted by Gasteiger charge is 2.20. The van der Waals surface area contributed by atoms with E-state index in [1.807, 2.05) is 13.8 Å². The molecule has 0 aromatic heterocycles. The fourth-order valence-corrected chi connectivity index (χ4v) is 1.54. The number of carbonyl (C=O) groups is 1. The van der Waals surface area contributed by atoms with Gasteiger partial charge in [0.15, 0.2) is 6.29 Å². The summed E-state index contributed by atoms with van der Waals surface area (Å²) in [4.78, 5) is 10.5. The summed E-state index contributed by atoms with van der Waals surface area (Å²) in [5.74, 6) is -0.298. The topological polar surface area (TPSA) is 63.2 Å². The van der Waals surface area contributed by atoms with E-state index in [9.17, 15) is 4.79 Å². The van der Waals surface area contributed by atoms with Gasteiger partial charge in [0.25, 0.3) is 0 Å². The Balaban J connectivity index is 0. The van der Waals surface area contributed by atoms with Crippen molar-refractivity contribution in [3.63, 3.8) is 0 Å². The monoisotopic (exact) mass is 294 g/mol. The lowest BCUT2D eigenvalue weighted by molar-refractivity contribution is -0.148. The van der Waals surface area contributed by atoms with E-state index in [-0.39, 0.29) is 31.1 Å². The van der Waals surface area contributed by atoms with Crippen LogP contribution in [0.2, 0.25) is 0 Å². The van der Waals surface area contributed by atoms with Crippen LogP contribution in [-0.4, -0.2) is 59.5 Å². The molecule has 0 radical (unpaired) electrons. The average Bonchev–Trinajstić information content (AvgIpc) is 2.45. The van der Waals surface area contributed by atoms with E-state index in [0.29, 0.717) is 0 Å². The summed E-state index contributed by atoms with van der Waals surface area (Å²) in [6.45, 7) is 5.63. The van der Waals surface area contributed by atoms with Crippen molar-refractivity contribution in [2.45, 2.75) is 52.1 Å². The van der Waals surface area contributed by atoms with Gasteiger partial charge in [0.05, 0.1) is 6.10 Å². The third-order valence-electron chi connectivity index (χ3n) is 2.73. The highest BCUT2D eigenvalue weighted by Crippen LogP contribution is 2.07. The summed E-state index contributed by atoms with van der Waals surface area (Å²) in [5, 5.41) is 0. The van der Waals surface area contributed by atoms with Crippen LogP contribution in [0, 0.1) is 0 Å². The molecule has 0 saturated carbocycles. The minimum Gasteiger partial charge on any atom is -0.463 e. The SMILES string of the molecule is CCC(OC)C(COC(C)=O)OC.CCC(OC)OC. The highest BCUT2D eigenvalue weighted by atomic mass is 16.7. The zero-order chi connectivity index (χ0) is 16.0. The fourth-order valence-electron chi connectivity index (χ4n) is 1.54. The van der Waals surface area contributed by atoms with Gasteiger partial charge in [-0.15, -0.1) is 0 Å². The Morgan fingerprint density at radius 1 is 0.850 bits per heavy atom. The van der Waals surface area contributed by atoms with Gasteiger partial charge in [-0.25, -0.2) is 0 Å². The molecule has 0 fully saturated rings. The average molecular weight is 294 g/mol. The molecule has 6 heteroatoms. The van der Waals surface area contributed by atoms with E-state index < -0.39 is 0 Å². The maximum absolute atomic E-state index is 10.5. The first-order valence-electron chi connectivity index (χ1n) is 6.75. The third kappa shape index (κ3) is 11.2. The zero-order valence-corrected chi connectivity index (χ0v) is 13.8.